The van der Waals surface area contributed by atoms with Gasteiger partial charge in [0.1, 0.15) is 5.78 Å². The first-order chi connectivity index (χ1) is 8.95. The van der Waals surface area contributed by atoms with E-state index in [2.05, 4.69) is 6.92 Å². The lowest BCUT2D eigenvalue weighted by Crippen LogP contribution is -2.01. The molecule has 2 N–H and O–H groups in total. The summed E-state index contributed by atoms with van der Waals surface area (Å²) >= 11 is 0. The number of carbonyl (C=O) groups excluding carboxylic acids is 1. The second-order valence-corrected chi connectivity index (χ2v) is 7.03. The van der Waals surface area contributed by atoms with Gasteiger partial charge in [0.05, 0.1) is 6.16 Å². The molecular formula is C14H29O4P. The third-order valence-electron chi connectivity index (χ3n) is 3.24. The lowest BCUT2D eigenvalue weighted by molar-refractivity contribution is -0.118. The summed E-state index contributed by atoms with van der Waals surface area (Å²) in [5.41, 5.74) is 0. The monoisotopic (exact) mass is 292 g/mol. The van der Waals surface area contributed by atoms with Gasteiger partial charge in [-0.15, -0.1) is 0 Å². The molecule has 0 atom stereocenters. The van der Waals surface area contributed by atoms with E-state index < -0.39 is 7.60 Å². The van der Waals surface area contributed by atoms with Crippen molar-refractivity contribution in [2.75, 3.05) is 6.16 Å². The fraction of sp³-hybridized carbons (Fsp3) is 0.929. The maximum atomic E-state index is 11.4. The minimum atomic E-state index is -4.00. The summed E-state index contributed by atoms with van der Waals surface area (Å²) in [7, 11) is -4.00. The topological polar surface area (TPSA) is 74.6 Å². The Bertz CT molecular complexity index is 273. The van der Waals surface area contributed by atoms with Crippen molar-refractivity contribution >= 4 is 13.4 Å². The van der Waals surface area contributed by atoms with E-state index in [4.69, 9.17) is 9.79 Å². The molecule has 19 heavy (non-hydrogen) atoms. The molecule has 0 amide bonds. The zero-order valence-electron chi connectivity index (χ0n) is 12.1. The minimum Gasteiger partial charge on any atom is -0.324 e. The van der Waals surface area contributed by atoms with E-state index in [0.717, 1.165) is 19.3 Å². The van der Waals surface area contributed by atoms with Crippen molar-refractivity contribution in [2.24, 2.45) is 0 Å². The van der Waals surface area contributed by atoms with Crippen molar-refractivity contribution < 1.29 is 19.1 Å². The zero-order chi connectivity index (χ0) is 14.6. The van der Waals surface area contributed by atoms with Crippen LogP contribution in [0.25, 0.3) is 0 Å². The van der Waals surface area contributed by atoms with Gasteiger partial charge in [0, 0.05) is 12.8 Å². The standard InChI is InChI=1S/C14H29O4P/c1-2-3-4-5-6-7-8-9-10-11-14(15)12-13-19(16,17)18/h2-13H2,1H3,(H2,16,17,18). The molecule has 0 aliphatic rings. The lowest BCUT2D eigenvalue weighted by atomic mass is 10.1. The van der Waals surface area contributed by atoms with E-state index >= 15 is 0 Å². The number of unbranched alkanes of at least 4 members (excludes halogenated alkanes) is 8. The Morgan fingerprint density at radius 3 is 1.79 bits per heavy atom. The Hall–Kier alpha value is -0.180. The van der Waals surface area contributed by atoms with Crippen LogP contribution in [0, 0.1) is 0 Å². The molecule has 0 aromatic carbocycles. The molecule has 0 saturated carbocycles. The zero-order valence-corrected chi connectivity index (χ0v) is 13.0. The average Bonchev–Trinajstić information content (AvgIpc) is 2.33. The van der Waals surface area contributed by atoms with Gasteiger partial charge in [-0.05, 0) is 6.42 Å². The van der Waals surface area contributed by atoms with Crippen LogP contribution in [0.2, 0.25) is 0 Å². The van der Waals surface area contributed by atoms with Gasteiger partial charge in [-0.3, -0.25) is 9.36 Å². The molecule has 0 aliphatic heterocycles. The molecule has 5 heteroatoms. The number of hydrogen-bond donors (Lipinski definition) is 2. The molecule has 0 rings (SSSR count). The lowest BCUT2D eigenvalue weighted by Gasteiger charge is -2.04. The van der Waals surface area contributed by atoms with Crippen LogP contribution in [-0.4, -0.2) is 21.7 Å². The Morgan fingerprint density at radius 1 is 0.842 bits per heavy atom. The Balaban J connectivity index is 3.25. The predicted octanol–water partition coefficient (Wildman–Crippen LogP) is 4.04. The van der Waals surface area contributed by atoms with Crippen molar-refractivity contribution in [3.63, 3.8) is 0 Å². The minimum absolute atomic E-state index is 0.0152. The van der Waals surface area contributed by atoms with Crippen molar-refractivity contribution in [3.8, 4) is 0 Å². The van der Waals surface area contributed by atoms with Crippen LogP contribution in [0.15, 0.2) is 0 Å². The van der Waals surface area contributed by atoms with Crippen LogP contribution in [0.3, 0.4) is 0 Å². The normalized spacial score (nSPS) is 11.7. The van der Waals surface area contributed by atoms with Crippen molar-refractivity contribution in [1.82, 2.24) is 0 Å². The van der Waals surface area contributed by atoms with Crippen LogP contribution in [0.5, 0.6) is 0 Å². The molecule has 0 aliphatic carbocycles. The van der Waals surface area contributed by atoms with Crippen molar-refractivity contribution in [1.29, 1.82) is 0 Å². The molecule has 0 unspecified atom stereocenters. The van der Waals surface area contributed by atoms with Gasteiger partial charge in [-0.2, -0.15) is 0 Å². The first-order valence-electron chi connectivity index (χ1n) is 7.52. The van der Waals surface area contributed by atoms with Crippen LogP contribution in [0.4, 0.5) is 0 Å². The number of hydrogen-bond acceptors (Lipinski definition) is 2. The molecule has 0 radical (unpaired) electrons. The maximum absolute atomic E-state index is 11.4. The van der Waals surface area contributed by atoms with Gasteiger partial charge < -0.3 is 9.79 Å². The Labute approximate surface area is 117 Å². The smallest absolute Gasteiger partial charge is 0.324 e. The fourth-order valence-corrected chi connectivity index (χ4v) is 2.57. The Morgan fingerprint density at radius 2 is 1.32 bits per heavy atom. The molecule has 0 aromatic rings. The second kappa shape index (κ2) is 11.6. The third kappa shape index (κ3) is 15.8. The van der Waals surface area contributed by atoms with Crippen molar-refractivity contribution in [2.45, 2.75) is 77.6 Å². The van der Waals surface area contributed by atoms with E-state index in [1.54, 1.807) is 0 Å². The summed E-state index contributed by atoms with van der Waals surface area (Å²) < 4.78 is 10.6. The van der Waals surface area contributed by atoms with E-state index in [1.807, 2.05) is 0 Å². The maximum Gasteiger partial charge on any atom is 0.326 e. The Kier molecular flexibility index (Phi) is 11.5. The van der Waals surface area contributed by atoms with Gasteiger partial charge in [-0.1, -0.05) is 58.3 Å². The number of rotatable bonds is 13. The van der Waals surface area contributed by atoms with Crippen LogP contribution in [0.1, 0.15) is 77.6 Å². The summed E-state index contributed by atoms with van der Waals surface area (Å²) in [6, 6.07) is 0. The second-order valence-electron chi connectivity index (χ2n) is 5.26. The van der Waals surface area contributed by atoms with Gasteiger partial charge in [0.15, 0.2) is 0 Å². The summed E-state index contributed by atoms with van der Waals surface area (Å²) in [6.45, 7) is 2.21. The predicted molar refractivity (Wildman–Crippen MR) is 78.4 cm³/mol. The van der Waals surface area contributed by atoms with Crippen LogP contribution in [-0.2, 0) is 9.36 Å². The van der Waals surface area contributed by atoms with Gasteiger partial charge in [-0.25, -0.2) is 0 Å². The van der Waals surface area contributed by atoms with E-state index in [-0.39, 0.29) is 18.4 Å². The summed E-state index contributed by atoms with van der Waals surface area (Å²) in [5, 5.41) is 0. The summed E-state index contributed by atoms with van der Waals surface area (Å²) in [6.07, 6.45) is 11.0. The molecule has 0 aromatic heterocycles. The van der Waals surface area contributed by atoms with Crippen LogP contribution < -0.4 is 0 Å². The quantitative estimate of drug-likeness (QED) is 0.397. The largest absolute Gasteiger partial charge is 0.326 e. The first-order valence-corrected chi connectivity index (χ1v) is 9.31. The number of carbonyl (C=O) groups is 1. The molecule has 0 spiro atoms. The molecule has 0 saturated heterocycles. The van der Waals surface area contributed by atoms with Gasteiger partial charge >= 0.3 is 7.60 Å². The van der Waals surface area contributed by atoms with Gasteiger partial charge in [0.25, 0.3) is 0 Å². The van der Waals surface area contributed by atoms with E-state index in [9.17, 15) is 9.36 Å². The van der Waals surface area contributed by atoms with Crippen LogP contribution >= 0.6 is 7.60 Å². The third-order valence-corrected chi connectivity index (χ3v) is 4.05. The number of ketones is 1. The average molecular weight is 292 g/mol. The SMILES string of the molecule is CCCCCCCCCCCC(=O)CCP(=O)(O)O. The molecular weight excluding hydrogens is 263 g/mol. The molecule has 0 heterocycles. The highest BCUT2D eigenvalue weighted by molar-refractivity contribution is 7.51. The molecule has 4 nitrogen and oxygen atoms in total. The molecule has 114 valence electrons. The highest BCUT2D eigenvalue weighted by Crippen LogP contribution is 2.35. The number of Topliss-reactive ketones (excluding diaryl/α,β-unsaturated/α-hetero) is 1. The van der Waals surface area contributed by atoms with Gasteiger partial charge in [0.2, 0.25) is 0 Å². The van der Waals surface area contributed by atoms with E-state index in [0.29, 0.717) is 6.42 Å². The summed E-state index contributed by atoms with van der Waals surface area (Å²) in [5.74, 6) is -0.0220. The fourth-order valence-electron chi connectivity index (χ4n) is 2.03. The highest BCUT2D eigenvalue weighted by Gasteiger charge is 2.14. The molecule has 0 bridgehead atoms. The van der Waals surface area contributed by atoms with E-state index in [1.165, 1.54) is 38.5 Å². The molecule has 0 fully saturated rings. The van der Waals surface area contributed by atoms with Crippen molar-refractivity contribution in [3.05, 3.63) is 0 Å². The first kappa shape index (κ1) is 18.8. The summed E-state index contributed by atoms with van der Waals surface area (Å²) in [4.78, 5) is 28.7. The highest BCUT2D eigenvalue weighted by atomic mass is 31.2.